The smallest absolute Gasteiger partial charge is 0.347 e. The van der Waals surface area contributed by atoms with E-state index in [1.165, 1.54) is 0 Å². The Balaban J connectivity index is 2.05. The third-order valence-corrected chi connectivity index (χ3v) is 2.87. The molecule has 0 radical (unpaired) electrons. The molecular weight excluding hydrogens is 323 g/mol. The molecule has 5 heteroatoms. The van der Waals surface area contributed by atoms with Gasteiger partial charge in [-0.1, -0.05) is 6.07 Å². The van der Waals surface area contributed by atoms with E-state index < -0.39 is 18.0 Å². The Bertz CT molecular complexity index is 430. The molecular formula is C11H9IO4. The van der Waals surface area contributed by atoms with Crippen LogP contribution in [0.3, 0.4) is 0 Å². The monoisotopic (exact) mass is 332 g/mol. The summed E-state index contributed by atoms with van der Waals surface area (Å²) in [6.07, 6.45) is -0.306. The van der Waals surface area contributed by atoms with E-state index in [-0.39, 0.29) is 0 Å². The Morgan fingerprint density at radius 1 is 1.50 bits per heavy atom. The number of esters is 2. The Morgan fingerprint density at radius 2 is 2.31 bits per heavy atom. The van der Waals surface area contributed by atoms with Gasteiger partial charge in [0.05, 0.1) is 12.2 Å². The number of rotatable bonds is 2. The highest BCUT2D eigenvalue weighted by atomic mass is 127. The average molecular weight is 332 g/mol. The summed E-state index contributed by atoms with van der Waals surface area (Å²) < 4.78 is 10.7. The number of benzene rings is 1. The van der Waals surface area contributed by atoms with Crippen LogP contribution in [0.1, 0.15) is 16.8 Å². The van der Waals surface area contributed by atoms with Crippen LogP contribution in [0.4, 0.5) is 0 Å². The fourth-order valence-corrected chi connectivity index (χ4v) is 1.94. The second-order valence-corrected chi connectivity index (χ2v) is 4.61. The zero-order valence-corrected chi connectivity index (χ0v) is 10.5. The van der Waals surface area contributed by atoms with Crippen LogP contribution in [0.2, 0.25) is 0 Å². The van der Waals surface area contributed by atoms with Gasteiger partial charge in [0.15, 0.2) is 0 Å². The number of carbonyl (C=O) groups is 2. The Labute approximate surface area is 106 Å². The van der Waals surface area contributed by atoms with E-state index >= 15 is 0 Å². The lowest BCUT2D eigenvalue weighted by atomic mass is 10.2. The van der Waals surface area contributed by atoms with Crippen molar-refractivity contribution in [3.8, 4) is 0 Å². The van der Waals surface area contributed by atoms with Crippen molar-refractivity contribution >= 4 is 34.5 Å². The Hall–Kier alpha value is -1.11. The predicted molar refractivity (Wildman–Crippen MR) is 63.9 cm³/mol. The maximum absolute atomic E-state index is 11.7. The lowest BCUT2D eigenvalue weighted by molar-refractivity contribution is -0.145. The van der Waals surface area contributed by atoms with Gasteiger partial charge >= 0.3 is 11.9 Å². The quantitative estimate of drug-likeness (QED) is 0.612. The molecule has 0 bridgehead atoms. The maximum atomic E-state index is 11.7. The molecule has 1 aliphatic rings. The van der Waals surface area contributed by atoms with Crippen LogP contribution in [0.15, 0.2) is 24.3 Å². The molecule has 0 N–H and O–H groups in total. The minimum absolute atomic E-state index is 0.323. The molecule has 16 heavy (non-hydrogen) atoms. The summed E-state index contributed by atoms with van der Waals surface area (Å²) in [7, 11) is 0. The van der Waals surface area contributed by atoms with Gasteiger partial charge in [-0.25, -0.2) is 9.59 Å². The summed E-state index contributed by atoms with van der Waals surface area (Å²) in [6, 6.07) is 7.01. The van der Waals surface area contributed by atoms with E-state index in [2.05, 4.69) is 22.6 Å². The van der Waals surface area contributed by atoms with Gasteiger partial charge in [0.1, 0.15) is 0 Å². The zero-order chi connectivity index (χ0) is 11.5. The topological polar surface area (TPSA) is 52.6 Å². The summed E-state index contributed by atoms with van der Waals surface area (Å²) >= 11 is 2.11. The van der Waals surface area contributed by atoms with Gasteiger partial charge < -0.3 is 9.47 Å². The fraction of sp³-hybridized carbons (Fsp3) is 0.273. The van der Waals surface area contributed by atoms with Crippen molar-refractivity contribution in [2.45, 2.75) is 12.5 Å². The second-order valence-electron chi connectivity index (χ2n) is 3.36. The largest absolute Gasteiger partial charge is 0.463 e. The third kappa shape index (κ3) is 2.52. The molecule has 2 rings (SSSR count). The molecule has 1 heterocycles. The van der Waals surface area contributed by atoms with Gasteiger partial charge in [0, 0.05) is 9.99 Å². The highest BCUT2D eigenvalue weighted by Crippen LogP contribution is 2.14. The molecule has 1 saturated heterocycles. The van der Waals surface area contributed by atoms with Gasteiger partial charge in [-0.05, 0) is 40.8 Å². The predicted octanol–water partition coefficient (Wildman–Crippen LogP) is 1.76. The van der Waals surface area contributed by atoms with Crippen molar-refractivity contribution in [1.29, 1.82) is 0 Å². The van der Waals surface area contributed by atoms with E-state index in [9.17, 15) is 9.59 Å². The lowest BCUT2D eigenvalue weighted by Gasteiger charge is -2.08. The lowest BCUT2D eigenvalue weighted by Crippen LogP contribution is -2.22. The number of hydrogen-bond acceptors (Lipinski definition) is 4. The number of halogens is 1. The van der Waals surface area contributed by atoms with Crippen molar-refractivity contribution in [3.05, 3.63) is 33.4 Å². The van der Waals surface area contributed by atoms with Crippen molar-refractivity contribution in [3.63, 3.8) is 0 Å². The molecule has 0 amide bonds. The molecule has 0 aromatic heterocycles. The van der Waals surface area contributed by atoms with Crippen molar-refractivity contribution in [1.82, 2.24) is 0 Å². The Kier molecular flexibility index (Phi) is 3.42. The van der Waals surface area contributed by atoms with E-state index in [0.29, 0.717) is 18.6 Å². The molecule has 84 valence electrons. The number of carbonyl (C=O) groups excluding carboxylic acids is 2. The first-order chi connectivity index (χ1) is 7.66. The normalized spacial score (nSPS) is 19.3. The summed E-state index contributed by atoms with van der Waals surface area (Å²) in [5.74, 6) is -0.943. The molecule has 1 aromatic carbocycles. The molecule has 0 spiro atoms. The van der Waals surface area contributed by atoms with Crippen LogP contribution in [0, 0.1) is 3.57 Å². The van der Waals surface area contributed by atoms with E-state index in [1.807, 2.05) is 6.07 Å². The van der Waals surface area contributed by atoms with Crippen LogP contribution in [0.25, 0.3) is 0 Å². The standard InChI is InChI=1S/C11H9IO4/c12-8-3-1-2-7(6-8)10(13)16-9-4-5-15-11(9)14/h1-3,6,9H,4-5H2/t9-/m1/s1. The molecule has 0 unspecified atom stereocenters. The average Bonchev–Trinajstić information content (AvgIpc) is 2.64. The molecule has 1 atom stereocenters. The van der Waals surface area contributed by atoms with Crippen LogP contribution >= 0.6 is 22.6 Å². The van der Waals surface area contributed by atoms with Crippen LogP contribution in [-0.2, 0) is 14.3 Å². The van der Waals surface area contributed by atoms with Gasteiger partial charge in [0.25, 0.3) is 0 Å². The van der Waals surface area contributed by atoms with Crippen molar-refractivity contribution < 1.29 is 19.1 Å². The van der Waals surface area contributed by atoms with Crippen LogP contribution < -0.4 is 0 Å². The molecule has 0 aliphatic carbocycles. The molecule has 4 nitrogen and oxygen atoms in total. The van der Waals surface area contributed by atoms with Crippen LogP contribution in [0.5, 0.6) is 0 Å². The minimum Gasteiger partial charge on any atom is -0.463 e. The van der Waals surface area contributed by atoms with E-state index in [4.69, 9.17) is 9.47 Å². The van der Waals surface area contributed by atoms with Gasteiger partial charge in [-0.3, -0.25) is 0 Å². The van der Waals surface area contributed by atoms with E-state index in [1.54, 1.807) is 18.2 Å². The number of cyclic esters (lactones) is 1. The fourth-order valence-electron chi connectivity index (χ4n) is 1.40. The first-order valence-electron chi connectivity index (χ1n) is 4.80. The third-order valence-electron chi connectivity index (χ3n) is 2.20. The first-order valence-corrected chi connectivity index (χ1v) is 5.88. The summed E-state index contributed by atoms with van der Waals surface area (Å²) in [5.41, 5.74) is 0.451. The summed E-state index contributed by atoms with van der Waals surface area (Å²) in [6.45, 7) is 0.323. The van der Waals surface area contributed by atoms with Crippen molar-refractivity contribution in [2.24, 2.45) is 0 Å². The molecule has 1 aliphatic heterocycles. The van der Waals surface area contributed by atoms with Crippen molar-refractivity contribution in [2.75, 3.05) is 6.61 Å². The van der Waals surface area contributed by atoms with Crippen LogP contribution in [-0.4, -0.2) is 24.6 Å². The molecule has 1 aromatic rings. The highest BCUT2D eigenvalue weighted by Gasteiger charge is 2.30. The highest BCUT2D eigenvalue weighted by molar-refractivity contribution is 14.1. The number of hydrogen-bond donors (Lipinski definition) is 0. The maximum Gasteiger partial charge on any atom is 0.347 e. The van der Waals surface area contributed by atoms with Gasteiger partial charge in [-0.15, -0.1) is 0 Å². The zero-order valence-electron chi connectivity index (χ0n) is 8.31. The summed E-state index contributed by atoms with van der Waals surface area (Å²) in [4.78, 5) is 22.8. The molecule has 0 saturated carbocycles. The van der Waals surface area contributed by atoms with E-state index in [0.717, 1.165) is 3.57 Å². The Morgan fingerprint density at radius 3 is 2.94 bits per heavy atom. The summed E-state index contributed by atoms with van der Waals surface area (Å²) in [5, 5.41) is 0. The molecule has 1 fully saturated rings. The first kappa shape index (κ1) is 11.4. The SMILES string of the molecule is O=C(O[C@@H]1CCOC1=O)c1cccc(I)c1. The minimum atomic E-state index is -0.745. The second kappa shape index (κ2) is 4.82. The van der Waals surface area contributed by atoms with Gasteiger partial charge in [0.2, 0.25) is 6.10 Å². The number of ether oxygens (including phenoxy) is 2. The van der Waals surface area contributed by atoms with Gasteiger partial charge in [-0.2, -0.15) is 0 Å².